The van der Waals surface area contributed by atoms with Crippen molar-refractivity contribution >= 4 is 29.0 Å². The first-order valence-electron chi connectivity index (χ1n) is 9.72. The molecule has 0 aliphatic heterocycles. The van der Waals surface area contributed by atoms with Gasteiger partial charge in [-0.05, 0) is 54.1 Å². The van der Waals surface area contributed by atoms with Crippen LogP contribution in [-0.4, -0.2) is 28.9 Å². The molecule has 200 valence electrons. The van der Waals surface area contributed by atoms with E-state index in [4.69, 9.17) is 14.7 Å². The number of rotatable bonds is 9. The molecule has 0 amide bonds. The third kappa shape index (κ3) is 7.22. The second kappa shape index (κ2) is 11.5. The Balaban J connectivity index is 0.00000481. The number of hydrogen-bond acceptors (Lipinski definition) is 9. The lowest BCUT2D eigenvalue weighted by Gasteiger charge is -2.24. The predicted octanol–water partition coefficient (Wildman–Crippen LogP) is 4.57. The normalized spacial score (nSPS) is 13.1. The zero-order valence-electron chi connectivity index (χ0n) is 19.5. The molecule has 1 heterocycles. The molecule has 0 fully saturated rings. The van der Waals surface area contributed by atoms with Crippen LogP contribution in [-0.2, 0) is 20.8 Å². The van der Waals surface area contributed by atoms with E-state index in [1.54, 1.807) is 18.2 Å². The molecule has 1 atom stereocenters. The SMILES string of the molecule is COc1ccc(-c2ccc(S(=O)(=O)NCP(=O)([O-])Oc3ccc(C#N)c(C(F)(F)F)c3)s2)cc1OC.[NH4+]. The summed E-state index contributed by atoms with van der Waals surface area (Å²) in [7, 11) is -6.41. The number of thiophene rings is 1. The van der Waals surface area contributed by atoms with E-state index in [1.165, 1.54) is 32.4 Å². The Morgan fingerprint density at radius 1 is 1.08 bits per heavy atom. The van der Waals surface area contributed by atoms with E-state index in [9.17, 15) is 31.0 Å². The van der Waals surface area contributed by atoms with Crippen molar-refractivity contribution in [2.24, 2.45) is 0 Å². The van der Waals surface area contributed by atoms with Crippen LogP contribution < -0.4 is 29.8 Å². The van der Waals surface area contributed by atoms with Crippen molar-refractivity contribution in [1.29, 1.82) is 5.26 Å². The van der Waals surface area contributed by atoms with Gasteiger partial charge in [-0.1, -0.05) is 0 Å². The molecule has 3 aromatic rings. The summed E-state index contributed by atoms with van der Waals surface area (Å²) in [5.41, 5.74) is -1.48. The van der Waals surface area contributed by atoms with Gasteiger partial charge in [-0.3, -0.25) is 4.57 Å². The molecule has 0 bridgehead atoms. The van der Waals surface area contributed by atoms with Gasteiger partial charge in [-0.25, -0.2) is 13.1 Å². The topological polar surface area (TPSA) is 174 Å². The molecular formula is C21H21F3N3O7PS2. The lowest BCUT2D eigenvalue weighted by atomic mass is 10.1. The van der Waals surface area contributed by atoms with Crippen molar-refractivity contribution in [2.75, 3.05) is 20.5 Å². The Labute approximate surface area is 214 Å². The van der Waals surface area contributed by atoms with E-state index in [0.29, 0.717) is 28.0 Å². The highest BCUT2D eigenvalue weighted by molar-refractivity contribution is 7.92. The van der Waals surface area contributed by atoms with Gasteiger partial charge in [-0.2, -0.15) is 18.4 Å². The fourth-order valence-electron chi connectivity index (χ4n) is 2.95. The van der Waals surface area contributed by atoms with Gasteiger partial charge < -0.3 is 25.0 Å². The molecule has 0 saturated heterocycles. The largest absolute Gasteiger partial charge is 0.768 e. The van der Waals surface area contributed by atoms with Gasteiger partial charge in [0, 0.05) is 4.88 Å². The van der Waals surface area contributed by atoms with Crippen LogP contribution in [0.5, 0.6) is 17.2 Å². The number of nitriles is 1. The average molecular weight is 580 g/mol. The summed E-state index contributed by atoms with van der Waals surface area (Å²) in [4.78, 5) is 12.8. The lowest BCUT2D eigenvalue weighted by Crippen LogP contribution is -2.28. The predicted molar refractivity (Wildman–Crippen MR) is 128 cm³/mol. The Hall–Kier alpha value is -3.12. The summed E-state index contributed by atoms with van der Waals surface area (Å²) in [5, 5.41) is 8.82. The average Bonchev–Trinajstić information content (AvgIpc) is 3.33. The van der Waals surface area contributed by atoms with Crippen LogP contribution in [0, 0.1) is 11.3 Å². The highest BCUT2D eigenvalue weighted by Gasteiger charge is 2.34. The minimum Gasteiger partial charge on any atom is -0.768 e. The van der Waals surface area contributed by atoms with Crippen LogP contribution in [0.15, 0.2) is 52.7 Å². The fraction of sp³-hybridized carbons (Fsp3) is 0.190. The maximum atomic E-state index is 13.1. The monoisotopic (exact) mass is 579 g/mol. The molecule has 2 aromatic carbocycles. The smallest absolute Gasteiger partial charge is 0.417 e. The summed E-state index contributed by atoms with van der Waals surface area (Å²) in [5.74, 6) is 0.181. The van der Waals surface area contributed by atoms with Crippen LogP contribution in [0.2, 0.25) is 0 Å². The van der Waals surface area contributed by atoms with Crippen molar-refractivity contribution in [2.45, 2.75) is 10.4 Å². The number of nitrogens with one attached hydrogen (secondary N) is 1. The maximum absolute atomic E-state index is 13.1. The second-order valence-corrected chi connectivity index (χ2v) is 11.8. The summed E-state index contributed by atoms with van der Waals surface area (Å²) < 4.78 is 93.5. The molecule has 37 heavy (non-hydrogen) atoms. The number of halogens is 3. The minimum absolute atomic E-state index is 0. The maximum Gasteiger partial charge on any atom is 0.417 e. The van der Waals surface area contributed by atoms with E-state index in [0.717, 1.165) is 23.5 Å². The number of methoxy groups -OCH3 is 2. The fourth-order valence-corrected chi connectivity index (χ4v) is 6.77. The molecule has 0 aliphatic carbocycles. The summed E-state index contributed by atoms with van der Waals surface area (Å²) >= 11 is 0.854. The zero-order valence-corrected chi connectivity index (χ0v) is 22.1. The number of sulfonamides is 1. The molecular weight excluding hydrogens is 558 g/mol. The van der Waals surface area contributed by atoms with Crippen molar-refractivity contribution < 1.29 is 45.0 Å². The third-order valence-corrected chi connectivity index (χ3v) is 8.90. The summed E-state index contributed by atoms with van der Waals surface area (Å²) in [6, 6.07) is 11.1. The highest BCUT2D eigenvalue weighted by atomic mass is 32.2. The third-order valence-electron chi connectivity index (χ3n) is 4.62. The standard InChI is InChI=1S/C21H18F3N2O7PS2.H3N/c1-31-17-6-4-13(9-18(17)32-2)19-7-8-20(35-19)36(29,30)26-12-34(27,28)33-15-5-3-14(11-25)16(10-15)21(22,23)24;/h3-10,26H,12H2,1-2H3,(H,27,28);1H3. The second-order valence-electron chi connectivity index (χ2n) is 7.01. The molecule has 0 radical (unpaired) electrons. The number of benzene rings is 2. The molecule has 16 heteroatoms. The molecule has 3 rings (SSSR count). The number of nitrogens with zero attached hydrogens (tertiary/aromatic N) is 1. The van der Waals surface area contributed by atoms with Gasteiger partial charge >= 0.3 is 6.18 Å². The van der Waals surface area contributed by atoms with Gasteiger partial charge in [-0.15, -0.1) is 11.3 Å². The van der Waals surface area contributed by atoms with Crippen molar-refractivity contribution in [1.82, 2.24) is 10.9 Å². The Morgan fingerprint density at radius 3 is 2.35 bits per heavy atom. The van der Waals surface area contributed by atoms with Crippen molar-refractivity contribution in [3.8, 4) is 33.8 Å². The number of ether oxygens (including phenoxy) is 2. The number of quaternary nitrogens is 1. The number of hydrogen-bond donors (Lipinski definition) is 2. The zero-order chi connectivity index (χ0) is 26.7. The van der Waals surface area contributed by atoms with Crippen LogP contribution in [0.1, 0.15) is 11.1 Å². The van der Waals surface area contributed by atoms with E-state index >= 15 is 0 Å². The summed E-state index contributed by atoms with van der Waals surface area (Å²) in [6.45, 7) is 0. The Morgan fingerprint density at radius 2 is 1.76 bits per heavy atom. The van der Waals surface area contributed by atoms with E-state index in [2.05, 4.69) is 4.52 Å². The first-order chi connectivity index (χ1) is 16.8. The lowest BCUT2D eigenvalue weighted by molar-refractivity contribution is -0.191. The molecule has 0 aliphatic rings. The van der Waals surface area contributed by atoms with Gasteiger partial charge in [0.15, 0.2) is 19.1 Å². The van der Waals surface area contributed by atoms with Crippen molar-refractivity contribution in [3.63, 3.8) is 0 Å². The quantitative estimate of drug-likeness (QED) is 0.347. The number of alkyl halides is 3. The molecule has 1 aromatic heterocycles. The minimum atomic E-state index is -5.01. The molecule has 0 saturated carbocycles. The van der Waals surface area contributed by atoms with Crippen LogP contribution in [0.25, 0.3) is 10.4 Å². The van der Waals surface area contributed by atoms with Crippen molar-refractivity contribution in [3.05, 3.63) is 59.7 Å². The van der Waals surface area contributed by atoms with E-state index < -0.39 is 47.0 Å². The highest BCUT2D eigenvalue weighted by Crippen LogP contribution is 2.41. The first-order valence-corrected chi connectivity index (χ1v) is 13.8. The molecule has 1 unspecified atom stereocenters. The summed E-state index contributed by atoms with van der Waals surface area (Å²) in [6.07, 6.45) is -6.15. The Bertz CT molecular complexity index is 1470. The van der Waals surface area contributed by atoms with Gasteiger partial charge in [0.25, 0.3) is 10.0 Å². The Kier molecular flexibility index (Phi) is 9.37. The molecule has 5 N–H and O–H groups in total. The van der Waals surface area contributed by atoms with Gasteiger partial charge in [0.1, 0.15) is 9.96 Å². The van der Waals surface area contributed by atoms with E-state index in [-0.39, 0.29) is 10.4 Å². The van der Waals surface area contributed by atoms with Gasteiger partial charge in [0.05, 0.1) is 37.7 Å². The van der Waals surface area contributed by atoms with Crippen LogP contribution >= 0.6 is 18.9 Å². The van der Waals surface area contributed by atoms with Gasteiger partial charge in [0.2, 0.25) is 0 Å². The van der Waals surface area contributed by atoms with Crippen LogP contribution in [0.3, 0.4) is 0 Å². The molecule has 10 nitrogen and oxygen atoms in total. The molecule has 0 spiro atoms. The first kappa shape index (κ1) is 30.1. The van der Waals surface area contributed by atoms with Crippen LogP contribution in [0.4, 0.5) is 13.2 Å². The van der Waals surface area contributed by atoms with E-state index in [1.807, 2.05) is 4.72 Å².